The molecule has 1 aliphatic rings. The minimum absolute atomic E-state index is 0.179. The summed E-state index contributed by atoms with van der Waals surface area (Å²) in [5.74, 6) is 0. The van der Waals surface area contributed by atoms with Crippen LogP contribution in [0.15, 0.2) is 52.8 Å². The standard InChI is InChI=1S/C21H24N2S/c1-3-22-20-23(4-2)19(15-24-20)21(12-7-13-21)18-11-10-16-8-5-6-9-17(16)14-18/h5-6,8-11,14-15H,3-4,7,12-13H2,1-2H3. The van der Waals surface area contributed by atoms with Crippen molar-refractivity contribution >= 4 is 22.1 Å². The molecule has 0 bridgehead atoms. The third kappa shape index (κ3) is 2.34. The fourth-order valence-electron chi connectivity index (χ4n) is 3.98. The van der Waals surface area contributed by atoms with Gasteiger partial charge in [0.25, 0.3) is 0 Å². The molecule has 0 amide bonds. The Hall–Kier alpha value is -1.87. The number of fused-ring (bicyclic) bond motifs is 1. The lowest BCUT2D eigenvalue weighted by Crippen LogP contribution is -2.39. The average Bonchev–Trinajstić information content (AvgIpc) is 2.97. The smallest absolute Gasteiger partial charge is 0.184 e. The molecule has 0 saturated heterocycles. The van der Waals surface area contributed by atoms with Gasteiger partial charge in [-0.1, -0.05) is 48.9 Å². The van der Waals surface area contributed by atoms with E-state index in [9.17, 15) is 0 Å². The fraction of sp³-hybridized carbons (Fsp3) is 0.381. The number of aromatic nitrogens is 1. The van der Waals surface area contributed by atoms with Crippen molar-refractivity contribution in [3.05, 3.63) is 63.9 Å². The molecule has 3 heteroatoms. The molecule has 1 aromatic heterocycles. The number of hydrogen-bond donors (Lipinski definition) is 0. The van der Waals surface area contributed by atoms with Gasteiger partial charge in [0.1, 0.15) is 0 Å². The molecular weight excluding hydrogens is 312 g/mol. The Morgan fingerprint density at radius 1 is 1.08 bits per heavy atom. The van der Waals surface area contributed by atoms with Crippen LogP contribution in [0.2, 0.25) is 0 Å². The van der Waals surface area contributed by atoms with Gasteiger partial charge in [-0.25, -0.2) is 0 Å². The molecule has 1 heterocycles. The van der Waals surface area contributed by atoms with Gasteiger partial charge in [-0.3, -0.25) is 4.99 Å². The van der Waals surface area contributed by atoms with Crippen LogP contribution in [-0.4, -0.2) is 11.1 Å². The van der Waals surface area contributed by atoms with Crippen LogP contribution < -0.4 is 4.80 Å². The van der Waals surface area contributed by atoms with Crippen LogP contribution in [0.25, 0.3) is 10.8 Å². The van der Waals surface area contributed by atoms with Crippen LogP contribution in [0.3, 0.4) is 0 Å². The topological polar surface area (TPSA) is 17.3 Å². The third-order valence-corrected chi connectivity index (χ3v) is 6.31. The summed E-state index contributed by atoms with van der Waals surface area (Å²) in [7, 11) is 0. The molecule has 1 saturated carbocycles. The summed E-state index contributed by atoms with van der Waals surface area (Å²) >= 11 is 1.80. The van der Waals surface area contributed by atoms with Crippen molar-refractivity contribution in [2.75, 3.05) is 6.54 Å². The maximum Gasteiger partial charge on any atom is 0.184 e. The van der Waals surface area contributed by atoms with Gasteiger partial charge in [-0.2, -0.15) is 0 Å². The number of thiazole rings is 1. The van der Waals surface area contributed by atoms with E-state index in [1.165, 1.54) is 46.1 Å². The minimum atomic E-state index is 0.179. The zero-order chi connectivity index (χ0) is 16.6. The predicted octanol–water partition coefficient (Wildman–Crippen LogP) is 5.11. The molecule has 0 N–H and O–H groups in total. The van der Waals surface area contributed by atoms with Gasteiger partial charge in [0.2, 0.25) is 0 Å². The largest absolute Gasteiger partial charge is 0.320 e. The van der Waals surface area contributed by atoms with Crippen molar-refractivity contribution in [3.8, 4) is 0 Å². The number of nitrogens with zero attached hydrogens (tertiary/aromatic N) is 2. The van der Waals surface area contributed by atoms with Gasteiger partial charge in [-0.15, -0.1) is 11.3 Å². The fourth-order valence-corrected chi connectivity index (χ4v) is 5.11. The summed E-state index contributed by atoms with van der Waals surface area (Å²) in [6, 6.07) is 15.7. The average molecular weight is 337 g/mol. The van der Waals surface area contributed by atoms with E-state index in [2.05, 4.69) is 66.3 Å². The number of rotatable bonds is 4. The summed E-state index contributed by atoms with van der Waals surface area (Å²) in [4.78, 5) is 5.86. The number of benzene rings is 2. The molecule has 0 spiro atoms. The summed E-state index contributed by atoms with van der Waals surface area (Å²) in [5.41, 5.74) is 3.11. The normalized spacial score (nSPS) is 17.2. The maximum atomic E-state index is 4.70. The summed E-state index contributed by atoms with van der Waals surface area (Å²) < 4.78 is 2.43. The molecule has 0 aliphatic heterocycles. The molecule has 1 fully saturated rings. The lowest BCUT2D eigenvalue weighted by molar-refractivity contribution is 0.283. The van der Waals surface area contributed by atoms with E-state index in [0.29, 0.717) is 0 Å². The third-order valence-electron chi connectivity index (χ3n) is 5.41. The molecular formula is C21H24N2S. The van der Waals surface area contributed by atoms with Crippen molar-refractivity contribution in [1.29, 1.82) is 0 Å². The van der Waals surface area contributed by atoms with Gasteiger partial charge in [0.05, 0.1) is 0 Å². The zero-order valence-corrected chi connectivity index (χ0v) is 15.3. The molecule has 1 aliphatic carbocycles. The van der Waals surface area contributed by atoms with E-state index in [4.69, 9.17) is 4.99 Å². The Bertz CT molecular complexity index is 928. The van der Waals surface area contributed by atoms with E-state index in [1.807, 2.05) is 0 Å². The molecule has 0 atom stereocenters. The van der Waals surface area contributed by atoms with E-state index < -0.39 is 0 Å². The highest BCUT2D eigenvalue weighted by Gasteiger charge is 2.42. The van der Waals surface area contributed by atoms with Crippen molar-refractivity contribution < 1.29 is 0 Å². The van der Waals surface area contributed by atoms with Crippen molar-refractivity contribution in [2.45, 2.75) is 45.1 Å². The van der Waals surface area contributed by atoms with Crippen LogP contribution in [0.1, 0.15) is 44.4 Å². The lowest BCUT2D eigenvalue weighted by atomic mass is 9.62. The van der Waals surface area contributed by atoms with Gasteiger partial charge >= 0.3 is 0 Å². The Morgan fingerprint density at radius 3 is 2.54 bits per heavy atom. The first-order chi connectivity index (χ1) is 11.8. The van der Waals surface area contributed by atoms with E-state index in [1.54, 1.807) is 11.3 Å². The SMILES string of the molecule is CCN=c1scc(C2(c3ccc4ccccc4c3)CCC2)n1CC. The van der Waals surface area contributed by atoms with Gasteiger partial charge in [0, 0.05) is 29.6 Å². The second kappa shape index (κ2) is 6.21. The summed E-state index contributed by atoms with van der Waals surface area (Å²) in [6.07, 6.45) is 3.80. The second-order valence-corrected chi connectivity index (χ2v) is 7.46. The first-order valence-corrected chi connectivity index (χ1v) is 9.85. The van der Waals surface area contributed by atoms with Crippen LogP contribution in [-0.2, 0) is 12.0 Å². The molecule has 0 unspecified atom stereocenters. The highest BCUT2D eigenvalue weighted by atomic mass is 32.1. The van der Waals surface area contributed by atoms with E-state index >= 15 is 0 Å². The molecule has 3 aromatic rings. The summed E-state index contributed by atoms with van der Waals surface area (Å²) in [5, 5.41) is 5.02. The maximum absolute atomic E-state index is 4.70. The molecule has 2 nitrogen and oxygen atoms in total. The second-order valence-electron chi connectivity index (χ2n) is 6.62. The van der Waals surface area contributed by atoms with Crippen molar-refractivity contribution in [1.82, 2.24) is 4.57 Å². The zero-order valence-electron chi connectivity index (χ0n) is 14.5. The van der Waals surface area contributed by atoms with Crippen LogP contribution in [0.4, 0.5) is 0 Å². The first kappa shape index (κ1) is 15.6. The van der Waals surface area contributed by atoms with Gasteiger partial charge in [0.15, 0.2) is 4.80 Å². The van der Waals surface area contributed by atoms with Gasteiger partial charge < -0.3 is 4.57 Å². The number of hydrogen-bond acceptors (Lipinski definition) is 2. The van der Waals surface area contributed by atoms with Crippen LogP contribution in [0.5, 0.6) is 0 Å². The first-order valence-electron chi connectivity index (χ1n) is 8.97. The molecule has 2 aromatic carbocycles. The van der Waals surface area contributed by atoms with E-state index in [-0.39, 0.29) is 5.41 Å². The molecule has 24 heavy (non-hydrogen) atoms. The lowest BCUT2D eigenvalue weighted by Gasteiger charge is -2.43. The molecule has 4 rings (SSSR count). The van der Waals surface area contributed by atoms with Crippen LogP contribution >= 0.6 is 11.3 Å². The Morgan fingerprint density at radius 2 is 1.88 bits per heavy atom. The minimum Gasteiger partial charge on any atom is -0.320 e. The Balaban J connectivity index is 1.88. The Kier molecular flexibility index (Phi) is 4.05. The van der Waals surface area contributed by atoms with Gasteiger partial charge in [-0.05, 0) is 43.0 Å². The highest BCUT2D eigenvalue weighted by molar-refractivity contribution is 7.07. The van der Waals surface area contributed by atoms with Crippen LogP contribution in [0, 0.1) is 0 Å². The summed E-state index contributed by atoms with van der Waals surface area (Å²) in [6.45, 7) is 6.19. The van der Waals surface area contributed by atoms with Crippen molar-refractivity contribution in [2.24, 2.45) is 4.99 Å². The quantitative estimate of drug-likeness (QED) is 0.630. The monoisotopic (exact) mass is 336 g/mol. The van der Waals surface area contributed by atoms with E-state index in [0.717, 1.165) is 13.1 Å². The Labute approximate surface area is 147 Å². The van der Waals surface area contributed by atoms with Crippen molar-refractivity contribution in [3.63, 3.8) is 0 Å². The highest BCUT2D eigenvalue weighted by Crippen LogP contribution is 2.49. The predicted molar refractivity (Wildman–Crippen MR) is 103 cm³/mol. The molecule has 124 valence electrons. The molecule has 0 radical (unpaired) electrons.